The molecule has 4 rings (SSSR count). The van der Waals surface area contributed by atoms with Crippen LogP contribution in [0.15, 0.2) is 48.5 Å². The molecule has 0 N–H and O–H groups in total. The fraction of sp³-hybridized carbons (Fsp3) is 0.200. The molecule has 0 radical (unpaired) electrons. The van der Waals surface area contributed by atoms with Crippen LogP contribution >= 0.6 is 0 Å². The number of hydrogen-bond donors (Lipinski definition) is 0. The van der Waals surface area contributed by atoms with Crippen LogP contribution in [-0.2, 0) is 0 Å². The number of aryl methyl sites for hydroxylation is 1. The van der Waals surface area contributed by atoms with E-state index in [2.05, 4.69) is 4.98 Å². The molecule has 3 nitrogen and oxygen atoms in total. The molecule has 0 spiro atoms. The second-order valence-electron chi connectivity index (χ2n) is 6.33. The predicted octanol–water partition coefficient (Wildman–Crippen LogP) is 4.41. The van der Waals surface area contributed by atoms with E-state index in [1.807, 2.05) is 0 Å². The normalized spacial score (nSPS) is 16.8. The maximum absolute atomic E-state index is 13.5. The van der Waals surface area contributed by atoms with Crippen LogP contribution in [0.4, 0.5) is 8.78 Å². The van der Waals surface area contributed by atoms with Gasteiger partial charge in [-0.05, 0) is 49.2 Å². The molecule has 126 valence electrons. The van der Waals surface area contributed by atoms with Gasteiger partial charge in [-0.15, -0.1) is 0 Å². The summed E-state index contributed by atoms with van der Waals surface area (Å²) >= 11 is 0. The van der Waals surface area contributed by atoms with Crippen molar-refractivity contribution in [3.63, 3.8) is 0 Å². The van der Waals surface area contributed by atoms with E-state index in [9.17, 15) is 13.6 Å². The molecule has 0 saturated carbocycles. The first-order valence-corrected chi connectivity index (χ1v) is 8.16. The summed E-state index contributed by atoms with van der Waals surface area (Å²) in [6.45, 7) is 2.43. The van der Waals surface area contributed by atoms with Crippen molar-refractivity contribution in [2.75, 3.05) is 6.54 Å². The van der Waals surface area contributed by atoms with Gasteiger partial charge in [-0.1, -0.05) is 12.1 Å². The molecule has 1 aliphatic heterocycles. The van der Waals surface area contributed by atoms with Crippen molar-refractivity contribution in [2.24, 2.45) is 0 Å². The van der Waals surface area contributed by atoms with Crippen LogP contribution < -0.4 is 0 Å². The van der Waals surface area contributed by atoms with Gasteiger partial charge < -0.3 is 4.90 Å². The van der Waals surface area contributed by atoms with Crippen molar-refractivity contribution in [3.8, 4) is 0 Å². The number of carbonyl (C=O) groups excluding carboxylic acids is 1. The average molecular weight is 338 g/mol. The van der Waals surface area contributed by atoms with Gasteiger partial charge in [-0.2, -0.15) is 0 Å². The first-order valence-electron chi connectivity index (χ1n) is 8.16. The number of rotatable bonds is 2. The molecule has 5 heteroatoms. The maximum Gasteiger partial charge on any atom is 0.255 e. The first-order chi connectivity index (χ1) is 12.0. The van der Waals surface area contributed by atoms with Gasteiger partial charge in [0.25, 0.3) is 5.91 Å². The van der Waals surface area contributed by atoms with Gasteiger partial charge in [0.2, 0.25) is 0 Å². The fourth-order valence-electron chi connectivity index (χ4n) is 3.33. The molecular weight excluding hydrogens is 322 g/mol. The molecule has 1 atom stereocenters. The molecule has 1 aliphatic rings. The minimum atomic E-state index is -0.378. The van der Waals surface area contributed by atoms with Crippen LogP contribution in [-0.4, -0.2) is 22.3 Å². The quantitative estimate of drug-likeness (QED) is 0.693. The molecule has 25 heavy (non-hydrogen) atoms. The zero-order chi connectivity index (χ0) is 17.6. The van der Waals surface area contributed by atoms with Gasteiger partial charge in [-0.3, -0.25) is 9.78 Å². The van der Waals surface area contributed by atoms with Gasteiger partial charge in [-0.25, -0.2) is 8.78 Å². The molecule has 1 saturated heterocycles. The number of halogens is 2. The molecule has 2 aromatic carbocycles. The van der Waals surface area contributed by atoms with Crippen molar-refractivity contribution in [1.82, 2.24) is 9.88 Å². The Bertz CT molecular complexity index is 964. The summed E-state index contributed by atoms with van der Waals surface area (Å²) in [6.07, 6.45) is 0.841. The predicted molar refractivity (Wildman–Crippen MR) is 91.2 cm³/mol. The maximum atomic E-state index is 13.5. The monoisotopic (exact) mass is 338 g/mol. The van der Waals surface area contributed by atoms with E-state index in [1.165, 1.54) is 24.3 Å². The largest absolute Gasteiger partial charge is 0.331 e. The molecular formula is C20H16F2N2O. The second-order valence-corrected chi connectivity index (χ2v) is 6.33. The summed E-state index contributed by atoms with van der Waals surface area (Å²) in [4.78, 5) is 19.1. The van der Waals surface area contributed by atoms with E-state index in [-0.39, 0.29) is 23.6 Å². The molecule has 2 heterocycles. The number of fused-ring (bicyclic) bond motifs is 1. The number of benzene rings is 2. The number of hydrogen-bond acceptors (Lipinski definition) is 2. The van der Waals surface area contributed by atoms with Crippen LogP contribution in [0.1, 0.15) is 34.1 Å². The Morgan fingerprint density at radius 2 is 1.80 bits per heavy atom. The number of likely N-dealkylation sites (tertiary alicyclic amines) is 1. The highest BCUT2D eigenvalue weighted by Gasteiger charge is 2.34. The van der Waals surface area contributed by atoms with E-state index >= 15 is 0 Å². The standard InChI is InChI=1S/C20H16F2N2O/c1-12-10-17(16-7-6-15(22)11-18(16)23-12)20(25)24-9-8-19(24)13-2-4-14(21)5-3-13/h2-7,10-11,19H,8-9H2,1H3. The SMILES string of the molecule is Cc1cc(C(=O)N2CCC2c2ccc(F)cc2)c2ccc(F)cc2n1. The van der Waals surface area contributed by atoms with Crippen molar-refractivity contribution in [1.29, 1.82) is 0 Å². The summed E-state index contributed by atoms with van der Waals surface area (Å²) in [7, 11) is 0. The molecule has 0 bridgehead atoms. The average Bonchev–Trinajstić information content (AvgIpc) is 2.54. The Labute approximate surface area is 143 Å². The van der Waals surface area contributed by atoms with Gasteiger partial charge >= 0.3 is 0 Å². The van der Waals surface area contributed by atoms with Crippen LogP contribution in [0.2, 0.25) is 0 Å². The summed E-state index contributed by atoms with van der Waals surface area (Å²) in [5.74, 6) is -0.779. The van der Waals surface area contributed by atoms with E-state index < -0.39 is 0 Å². The van der Waals surface area contributed by atoms with Gasteiger partial charge in [0.1, 0.15) is 11.6 Å². The highest BCUT2D eigenvalue weighted by molar-refractivity contribution is 6.06. The van der Waals surface area contributed by atoms with Crippen LogP contribution in [0.3, 0.4) is 0 Å². The van der Waals surface area contributed by atoms with E-state index in [1.54, 1.807) is 36.1 Å². The topological polar surface area (TPSA) is 33.2 Å². The van der Waals surface area contributed by atoms with Crippen LogP contribution in [0, 0.1) is 18.6 Å². The smallest absolute Gasteiger partial charge is 0.255 e. The number of pyridine rings is 1. The van der Waals surface area contributed by atoms with Crippen LogP contribution in [0.5, 0.6) is 0 Å². The Morgan fingerprint density at radius 1 is 1.08 bits per heavy atom. The molecule has 1 aromatic heterocycles. The minimum Gasteiger partial charge on any atom is -0.331 e. The van der Waals surface area contributed by atoms with E-state index in [0.717, 1.165) is 12.0 Å². The number of amides is 1. The Balaban J connectivity index is 1.71. The molecule has 1 unspecified atom stereocenters. The van der Waals surface area contributed by atoms with Gasteiger partial charge in [0.15, 0.2) is 0 Å². The number of carbonyl (C=O) groups is 1. The lowest BCUT2D eigenvalue weighted by atomic mass is 9.93. The molecule has 1 fully saturated rings. The summed E-state index contributed by atoms with van der Waals surface area (Å²) in [6, 6.07) is 12.2. The summed E-state index contributed by atoms with van der Waals surface area (Å²) < 4.78 is 26.6. The first kappa shape index (κ1) is 15.7. The lowest BCUT2D eigenvalue weighted by molar-refractivity contribution is 0.0462. The third-order valence-electron chi connectivity index (χ3n) is 4.67. The summed E-state index contributed by atoms with van der Waals surface area (Å²) in [5.41, 5.74) is 2.58. The third-order valence-corrected chi connectivity index (χ3v) is 4.67. The van der Waals surface area contributed by atoms with Crippen molar-refractivity contribution in [2.45, 2.75) is 19.4 Å². The fourth-order valence-corrected chi connectivity index (χ4v) is 3.33. The van der Waals surface area contributed by atoms with E-state index in [0.29, 0.717) is 28.7 Å². The van der Waals surface area contributed by atoms with Gasteiger partial charge in [0.05, 0.1) is 17.1 Å². The lowest BCUT2D eigenvalue weighted by Crippen LogP contribution is -2.45. The summed E-state index contributed by atoms with van der Waals surface area (Å²) in [5, 5.41) is 0.641. The van der Waals surface area contributed by atoms with Crippen molar-refractivity contribution in [3.05, 3.63) is 77.0 Å². The molecule has 3 aromatic rings. The Kier molecular flexibility index (Phi) is 3.71. The Hall–Kier alpha value is -2.82. The van der Waals surface area contributed by atoms with E-state index in [4.69, 9.17) is 0 Å². The van der Waals surface area contributed by atoms with Gasteiger partial charge in [0, 0.05) is 23.7 Å². The number of aromatic nitrogens is 1. The lowest BCUT2D eigenvalue weighted by Gasteiger charge is -2.41. The highest BCUT2D eigenvalue weighted by atomic mass is 19.1. The Morgan fingerprint density at radius 3 is 2.48 bits per heavy atom. The zero-order valence-electron chi connectivity index (χ0n) is 13.7. The highest BCUT2D eigenvalue weighted by Crippen LogP contribution is 2.35. The number of nitrogens with zero attached hydrogens (tertiary/aromatic N) is 2. The zero-order valence-corrected chi connectivity index (χ0v) is 13.7. The van der Waals surface area contributed by atoms with Crippen LogP contribution in [0.25, 0.3) is 10.9 Å². The molecule has 1 amide bonds. The third kappa shape index (κ3) is 2.76. The minimum absolute atomic E-state index is 0.0583. The second kappa shape index (κ2) is 5.92. The molecule has 0 aliphatic carbocycles. The van der Waals surface area contributed by atoms with Crippen molar-refractivity contribution < 1.29 is 13.6 Å². The van der Waals surface area contributed by atoms with Crippen molar-refractivity contribution >= 4 is 16.8 Å².